The maximum Gasteiger partial charge on any atom is 0.251 e. The first-order valence-corrected chi connectivity index (χ1v) is 5.63. The standard InChI is InChI=1S/C12H14F2N2O.ClH/c13-9-4-8(5-10(14)6-9)12(17)16-11-2-1-3-15-7-11;/h4-6,11,15H,1-3,7H2,(H,16,17);1H. The van der Waals surface area contributed by atoms with Crippen LogP contribution < -0.4 is 10.6 Å². The van der Waals surface area contributed by atoms with Gasteiger partial charge in [-0.25, -0.2) is 8.78 Å². The summed E-state index contributed by atoms with van der Waals surface area (Å²) < 4.78 is 25.9. The van der Waals surface area contributed by atoms with Crippen LogP contribution in [0.25, 0.3) is 0 Å². The van der Waals surface area contributed by atoms with Crippen molar-refractivity contribution in [3.05, 3.63) is 35.4 Å². The summed E-state index contributed by atoms with van der Waals surface area (Å²) in [6, 6.07) is 2.85. The van der Waals surface area contributed by atoms with E-state index < -0.39 is 17.5 Å². The van der Waals surface area contributed by atoms with Gasteiger partial charge in [0.2, 0.25) is 0 Å². The van der Waals surface area contributed by atoms with Crippen LogP contribution in [0.1, 0.15) is 23.2 Å². The van der Waals surface area contributed by atoms with Gasteiger partial charge in [-0.2, -0.15) is 0 Å². The molecular weight excluding hydrogens is 262 g/mol. The van der Waals surface area contributed by atoms with Gasteiger partial charge in [0.15, 0.2) is 0 Å². The Bertz CT molecular complexity index is 402. The van der Waals surface area contributed by atoms with E-state index in [9.17, 15) is 13.6 Å². The fourth-order valence-electron chi connectivity index (χ4n) is 1.93. The molecule has 0 aromatic heterocycles. The predicted molar refractivity (Wildman–Crippen MR) is 67.0 cm³/mol. The number of piperidine rings is 1. The van der Waals surface area contributed by atoms with Crippen molar-refractivity contribution < 1.29 is 13.6 Å². The van der Waals surface area contributed by atoms with E-state index in [1.165, 1.54) is 0 Å². The maximum absolute atomic E-state index is 12.9. The van der Waals surface area contributed by atoms with E-state index in [0.29, 0.717) is 6.54 Å². The summed E-state index contributed by atoms with van der Waals surface area (Å²) in [4.78, 5) is 11.7. The molecular formula is C12H15ClF2N2O. The highest BCUT2D eigenvalue weighted by molar-refractivity contribution is 5.94. The lowest BCUT2D eigenvalue weighted by Gasteiger charge is -2.23. The number of carbonyl (C=O) groups is 1. The molecule has 1 aliphatic rings. The second kappa shape index (κ2) is 6.66. The summed E-state index contributed by atoms with van der Waals surface area (Å²) in [5, 5.41) is 5.91. The van der Waals surface area contributed by atoms with Crippen LogP contribution in [0.2, 0.25) is 0 Å². The molecule has 18 heavy (non-hydrogen) atoms. The summed E-state index contributed by atoms with van der Waals surface area (Å²) in [6.07, 6.45) is 1.87. The van der Waals surface area contributed by atoms with Gasteiger partial charge in [0, 0.05) is 24.2 Å². The van der Waals surface area contributed by atoms with E-state index in [0.717, 1.165) is 37.6 Å². The third-order valence-corrected chi connectivity index (χ3v) is 2.76. The van der Waals surface area contributed by atoms with Crippen LogP contribution in [-0.4, -0.2) is 25.0 Å². The summed E-state index contributed by atoms with van der Waals surface area (Å²) in [7, 11) is 0. The SMILES string of the molecule is Cl.O=C(NC1CCCNC1)c1cc(F)cc(F)c1. The summed E-state index contributed by atoms with van der Waals surface area (Å²) >= 11 is 0. The van der Waals surface area contributed by atoms with E-state index in [4.69, 9.17) is 0 Å². The smallest absolute Gasteiger partial charge is 0.251 e. The number of amides is 1. The third kappa shape index (κ3) is 3.92. The Labute approximate surface area is 110 Å². The lowest BCUT2D eigenvalue weighted by molar-refractivity contribution is 0.0929. The second-order valence-electron chi connectivity index (χ2n) is 4.17. The normalized spacial score (nSPS) is 18.9. The summed E-state index contributed by atoms with van der Waals surface area (Å²) in [6.45, 7) is 1.64. The molecule has 1 aromatic rings. The van der Waals surface area contributed by atoms with Gasteiger partial charge in [-0.3, -0.25) is 4.79 Å². The molecule has 3 nitrogen and oxygen atoms in total. The van der Waals surface area contributed by atoms with Gasteiger partial charge in [0.1, 0.15) is 11.6 Å². The van der Waals surface area contributed by atoms with Gasteiger partial charge < -0.3 is 10.6 Å². The molecule has 6 heteroatoms. The summed E-state index contributed by atoms with van der Waals surface area (Å²) in [5.41, 5.74) is 0.0214. The molecule has 1 atom stereocenters. The Morgan fingerprint density at radius 3 is 2.50 bits per heavy atom. The molecule has 0 bridgehead atoms. The molecule has 2 N–H and O–H groups in total. The monoisotopic (exact) mass is 276 g/mol. The van der Waals surface area contributed by atoms with Crippen molar-refractivity contribution >= 4 is 18.3 Å². The average Bonchev–Trinajstić information content (AvgIpc) is 2.29. The van der Waals surface area contributed by atoms with Crippen molar-refractivity contribution in [1.82, 2.24) is 10.6 Å². The molecule has 1 amide bonds. The van der Waals surface area contributed by atoms with E-state index in [-0.39, 0.29) is 24.0 Å². The first kappa shape index (κ1) is 14.9. The molecule has 1 aliphatic heterocycles. The van der Waals surface area contributed by atoms with Crippen molar-refractivity contribution in [3.63, 3.8) is 0 Å². The van der Waals surface area contributed by atoms with Crippen LogP contribution in [-0.2, 0) is 0 Å². The zero-order valence-corrected chi connectivity index (χ0v) is 10.5. The van der Waals surface area contributed by atoms with Crippen molar-refractivity contribution in [2.45, 2.75) is 18.9 Å². The van der Waals surface area contributed by atoms with E-state index >= 15 is 0 Å². The fraction of sp³-hybridized carbons (Fsp3) is 0.417. The van der Waals surface area contributed by atoms with Crippen molar-refractivity contribution in [2.24, 2.45) is 0 Å². The Kier molecular flexibility index (Phi) is 5.50. The number of hydrogen-bond donors (Lipinski definition) is 2. The van der Waals surface area contributed by atoms with Gasteiger partial charge in [-0.15, -0.1) is 12.4 Å². The lowest BCUT2D eigenvalue weighted by Crippen LogP contribution is -2.45. The predicted octanol–water partition coefficient (Wildman–Crippen LogP) is 1.87. The molecule has 0 spiro atoms. The van der Waals surface area contributed by atoms with Gasteiger partial charge >= 0.3 is 0 Å². The molecule has 100 valence electrons. The van der Waals surface area contributed by atoms with Crippen LogP contribution in [0.4, 0.5) is 8.78 Å². The first-order chi connectivity index (χ1) is 8.15. The topological polar surface area (TPSA) is 41.1 Å². The number of benzene rings is 1. The molecule has 1 aromatic carbocycles. The molecule has 1 saturated heterocycles. The lowest BCUT2D eigenvalue weighted by atomic mass is 10.1. The first-order valence-electron chi connectivity index (χ1n) is 5.63. The molecule has 0 saturated carbocycles. The molecule has 2 rings (SSSR count). The Balaban J connectivity index is 0.00000162. The number of nitrogens with one attached hydrogen (secondary N) is 2. The highest BCUT2D eigenvalue weighted by atomic mass is 35.5. The second-order valence-corrected chi connectivity index (χ2v) is 4.17. The van der Waals surface area contributed by atoms with Crippen LogP contribution in [0.15, 0.2) is 18.2 Å². The molecule has 0 aliphatic carbocycles. The largest absolute Gasteiger partial charge is 0.348 e. The number of hydrogen-bond acceptors (Lipinski definition) is 2. The van der Waals surface area contributed by atoms with Gasteiger partial charge in [-0.1, -0.05) is 0 Å². The van der Waals surface area contributed by atoms with E-state index in [2.05, 4.69) is 10.6 Å². The van der Waals surface area contributed by atoms with Crippen LogP contribution in [0, 0.1) is 11.6 Å². The summed E-state index contributed by atoms with van der Waals surface area (Å²) in [5.74, 6) is -1.91. The van der Waals surface area contributed by atoms with Crippen molar-refractivity contribution in [3.8, 4) is 0 Å². The minimum atomic E-state index is -0.739. The molecule has 1 unspecified atom stereocenters. The molecule has 0 radical (unpaired) electrons. The Hall–Kier alpha value is -1.20. The quantitative estimate of drug-likeness (QED) is 0.866. The van der Waals surface area contributed by atoms with Gasteiger partial charge in [-0.05, 0) is 31.5 Å². The van der Waals surface area contributed by atoms with Crippen LogP contribution in [0.3, 0.4) is 0 Å². The highest BCUT2D eigenvalue weighted by Gasteiger charge is 2.17. The molecule has 1 heterocycles. The number of rotatable bonds is 2. The zero-order chi connectivity index (χ0) is 12.3. The zero-order valence-electron chi connectivity index (χ0n) is 9.71. The number of carbonyl (C=O) groups excluding carboxylic acids is 1. The highest BCUT2D eigenvalue weighted by Crippen LogP contribution is 2.09. The van der Waals surface area contributed by atoms with E-state index in [1.807, 2.05) is 0 Å². The number of halogens is 3. The fourth-order valence-corrected chi connectivity index (χ4v) is 1.93. The van der Waals surface area contributed by atoms with Crippen LogP contribution in [0.5, 0.6) is 0 Å². The minimum Gasteiger partial charge on any atom is -0.348 e. The molecule has 1 fully saturated rings. The third-order valence-electron chi connectivity index (χ3n) is 2.76. The Morgan fingerprint density at radius 2 is 1.94 bits per heavy atom. The maximum atomic E-state index is 12.9. The van der Waals surface area contributed by atoms with Crippen LogP contribution >= 0.6 is 12.4 Å². The minimum absolute atomic E-state index is 0. The van der Waals surface area contributed by atoms with Gasteiger partial charge in [0.25, 0.3) is 5.91 Å². The average molecular weight is 277 g/mol. The van der Waals surface area contributed by atoms with Crippen molar-refractivity contribution in [2.75, 3.05) is 13.1 Å². The van der Waals surface area contributed by atoms with Gasteiger partial charge in [0.05, 0.1) is 0 Å². The Morgan fingerprint density at radius 1 is 1.28 bits per heavy atom. The van der Waals surface area contributed by atoms with Crippen molar-refractivity contribution in [1.29, 1.82) is 0 Å². The van der Waals surface area contributed by atoms with E-state index in [1.54, 1.807) is 0 Å².